The molecule has 2 aromatic heterocycles. The van der Waals surface area contributed by atoms with E-state index in [0.717, 1.165) is 11.1 Å². The van der Waals surface area contributed by atoms with Crippen molar-refractivity contribution >= 4 is 16.9 Å². The highest BCUT2D eigenvalue weighted by Crippen LogP contribution is 2.25. The van der Waals surface area contributed by atoms with Gasteiger partial charge in [-0.3, -0.25) is 4.79 Å². The van der Waals surface area contributed by atoms with Gasteiger partial charge >= 0.3 is 5.97 Å². The number of hydrogen-bond acceptors (Lipinski definition) is 4. The van der Waals surface area contributed by atoms with E-state index < -0.39 is 12.1 Å². The van der Waals surface area contributed by atoms with Crippen LogP contribution in [-0.2, 0) is 17.9 Å². The number of fused-ring (bicyclic) bond motifs is 1. The zero-order chi connectivity index (χ0) is 22.5. The Hall–Kier alpha value is -3.56. The predicted molar refractivity (Wildman–Crippen MR) is 121 cm³/mol. The fraction of sp³-hybridized carbons (Fsp3) is 0.280. The van der Waals surface area contributed by atoms with Crippen LogP contribution in [-0.4, -0.2) is 26.7 Å². The van der Waals surface area contributed by atoms with Crippen LogP contribution in [0.15, 0.2) is 47.9 Å². The van der Waals surface area contributed by atoms with Gasteiger partial charge in [-0.2, -0.15) is 0 Å². The van der Waals surface area contributed by atoms with Crippen LogP contribution in [0.5, 0.6) is 0 Å². The second-order valence-corrected chi connectivity index (χ2v) is 7.44. The molecule has 3 aromatic rings. The lowest BCUT2D eigenvalue weighted by Crippen LogP contribution is -2.21. The lowest BCUT2D eigenvalue weighted by atomic mass is 10.1. The molecule has 160 valence electrons. The van der Waals surface area contributed by atoms with Crippen molar-refractivity contribution in [1.82, 2.24) is 9.55 Å². The van der Waals surface area contributed by atoms with Crippen LogP contribution in [0.25, 0.3) is 10.9 Å². The predicted octanol–water partition coefficient (Wildman–Crippen LogP) is 3.61. The smallest absolute Gasteiger partial charge is 0.340 e. The van der Waals surface area contributed by atoms with Crippen molar-refractivity contribution in [2.75, 3.05) is 0 Å². The third-order valence-corrected chi connectivity index (χ3v) is 5.03. The van der Waals surface area contributed by atoms with E-state index in [1.807, 2.05) is 31.2 Å². The Balaban J connectivity index is 2.10. The molecule has 0 aliphatic heterocycles. The number of nitrogens with zero attached hydrogens (tertiary/aromatic N) is 1. The molecule has 1 atom stereocenters. The molecule has 3 rings (SSSR count). The number of aryl methyl sites for hydroxylation is 3. The molecule has 0 aliphatic rings. The fourth-order valence-corrected chi connectivity index (χ4v) is 3.39. The molecule has 0 saturated heterocycles. The quantitative estimate of drug-likeness (QED) is 0.364. The molecule has 6 heteroatoms. The summed E-state index contributed by atoms with van der Waals surface area (Å²) in [6.07, 6.45) is 3.11. The number of aliphatic hydroxyl groups is 1. The highest BCUT2D eigenvalue weighted by Gasteiger charge is 2.23. The molecule has 2 N–H and O–H groups in total. The lowest BCUT2D eigenvalue weighted by molar-refractivity contribution is 0.0473. The summed E-state index contributed by atoms with van der Waals surface area (Å²) in [5, 5.41) is 10.0. The molecule has 0 unspecified atom stereocenters. The van der Waals surface area contributed by atoms with Gasteiger partial charge in [-0.25, -0.2) is 4.79 Å². The van der Waals surface area contributed by atoms with Gasteiger partial charge in [0.15, 0.2) is 0 Å². The summed E-state index contributed by atoms with van der Waals surface area (Å²) in [5.74, 6) is 5.08. The van der Waals surface area contributed by atoms with Gasteiger partial charge in [-0.15, -0.1) is 6.58 Å². The maximum Gasteiger partial charge on any atom is 0.340 e. The van der Waals surface area contributed by atoms with E-state index in [1.165, 1.54) is 4.57 Å². The van der Waals surface area contributed by atoms with Gasteiger partial charge in [0.25, 0.3) is 5.56 Å². The first kappa shape index (κ1) is 22.1. The molecule has 0 spiro atoms. The van der Waals surface area contributed by atoms with Gasteiger partial charge in [0.05, 0.1) is 11.1 Å². The number of aromatic nitrogens is 2. The van der Waals surface area contributed by atoms with Crippen molar-refractivity contribution in [3.05, 3.63) is 81.4 Å². The van der Waals surface area contributed by atoms with Crippen molar-refractivity contribution in [2.45, 2.75) is 46.4 Å². The third kappa shape index (κ3) is 4.79. The Labute approximate surface area is 181 Å². The Morgan fingerprint density at radius 2 is 2.10 bits per heavy atom. The molecule has 0 bridgehead atoms. The monoisotopic (exact) mass is 418 g/mol. The minimum absolute atomic E-state index is 0.128. The van der Waals surface area contributed by atoms with Crippen LogP contribution >= 0.6 is 0 Å². The SMILES string of the molecule is C=CCCn1cc(C#C[C@@H](C)O)c2c(C(=O)OCc3ccccc3C)c(C)[nH]c2c1=O. The number of esters is 1. The van der Waals surface area contributed by atoms with Gasteiger partial charge in [0, 0.05) is 23.8 Å². The van der Waals surface area contributed by atoms with E-state index >= 15 is 0 Å². The molecular weight excluding hydrogens is 392 g/mol. The van der Waals surface area contributed by atoms with Crippen LogP contribution in [0.3, 0.4) is 0 Å². The van der Waals surface area contributed by atoms with Crippen molar-refractivity contribution < 1.29 is 14.6 Å². The van der Waals surface area contributed by atoms with Crippen molar-refractivity contribution in [3.8, 4) is 11.8 Å². The van der Waals surface area contributed by atoms with Crippen LogP contribution in [0.1, 0.15) is 46.1 Å². The van der Waals surface area contributed by atoms with Gasteiger partial charge in [0.1, 0.15) is 18.2 Å². The number of benzene rings is 1. The molecule has 0 amide bonds. The Morgan fingerprint density at radius 3 is 2.77 bits per heavy atom. The minimum atomic E-state index is -0.847. The van der Waals surface area contributed by atoms with Gasteiger partial charge in [-0.05, 0) is 38.3 Å². The van der Waals surface area contributed by atoms with E-state index in [0.29, 0.717) is 35.1 Å². The number of pyridine rings is 1. The van der Waals surface area contributed by atoms with Crippen LogP contribution in [0.2, 0.25) is 0 Å². The van der Waals surface area contributed by atoms with E-state index in [9.17, 15) is 14.7 Å². The Morgan fingerprint density at radius 1 is 1.35 bits per heavy atom. The largest absolute Gasteiger partial charge is 0.457 e. The molecule has 2 heterocycles. The number of carbonyl (C=O) groups is 1. The van der Waals surface area contributed by atoms with E-state index in [4.69, 9.17) is 4.74 Å². The summed E-state index contributed by atoms with van der Waals surface area (Å²) in [6, 6.07) is 7.68. The van der Waals surface area contributed by atoms with Crippen molar-refractivity contribution in [3.63, 3.8) is 0 Å². The highest BCUT2D eigenvalue weighted by molar-refractivity contribution is 6.07. The number of nitrogens with one attached hydrogen (secondary N) is 1. The first-order valence-electron chi connectivity index (χ1n) is 10.1. The molecule has 0 fully saturated rings. The lowest BCUT2D eigenvalue weighted by Gasteiger charge is -2.09. The average molecular weight is 418 g/mol. The number of carbonyl (C=O) groups excluding carboxylic acids is 1. The molecule has 1 aromatic carbocycles. The van der Waals surface area contributed by atoms with Crippen molar-refractivity contribution in [1.29, 1.82) is 0 Å². The van der Waals surface area contributed by atoms with E-state index in [-0.39, 0.29) is 17.7 Å². The second kappa shape index (κ2) is 9.50. The van der Waals surface area contributed by atoms with Crippen LogP contribution in [0, 0.1) is 25.7 Å². The Kier molecular flexibility index (Phi) is 6.78. The van der Waals surface area contributed by atoms with Gasteiger partial charge in [-0.1, -0.05) is 42.2 Å². The topological polar surface area (TPSA) is 84.3 Å². The number of H-pyrrole nitrogens is 1. The maximum absolute atomic E-state index is 13.0. The number of aliphatic hydroxyl groups excluding tert-OH is 1. The molecular formula is C25H26N2O4. The molecule has 31 heavy (non-hydrogen) atoms. The highest BCUT2D eigenvalue weighted by atomic mass is 16.5. The maximum atomic E-state index is 13.0. The zero-order valence-electron chi connectivity index (χ0n) is 18.0. The third-order valence-electron chi connectivity index (χ3n) is 5.03. The van der Waals surface area contributed by atoms with Gasteiger partial charge < -0.3 is 19.4 Å². The van der Waals surface area contributed by atoms with Crippen LogP contribution in [0.4, 0.5) is 0 Å². The number of hydrogen-bond donors (Lipinski definition) is 2. The molecule has 0 radical (unpaired) electrons. The molecule has 0 saturated carbocycles. The second-order valence-electron chi connectivity index (χ2n) is 7.44. The summed E-state index contributed by atoms with van der Waals surface area (Å²) in [4.78, 5) is 29.0. The van der Waals surface area contributed by atoms with Crippen LogP contribution < -0.4 is 5.56 Å². The van der Waals surface area contributed by atoms with E-state index in [2.05, 4.69) is 23.4 Å². The average Bonchev–Trinajstić information content (AvgIpc) is 3.09. The number of allylic oxidation sites excluding steroid dienone is 1. The number of rotatable bonds is 6. The first-order chi connectivity index (χ1) is 14.8. The van der Waals surface area contributed by atoms with Gasteiger partial charge in [0.2, 0.25) is 0 Å². The van der Waals surface area contributed by atoms with Crippen molar-refractivity contribution in [2.24, 2.45) is 0 Å². The molecule has 0 aliphatic carbocycles. The number of aromatic amines is 1. The summed E-state index contributed by atoms with van der Waals surface area (Å²) in [5.41, 5.74) is 3.28. The summed E-state index contributed by atoms with van der Waals surface area (Å²) >= 11 is 0. The fourth-order valence-electron chi connectivity index (χ4n) is 3.39. The standard InChI is InChI=1S/C25H26N2O4/c1-5-6-13-27-14-19(12-11-17(3)28)22-21(18(4)26-23(22)24(27)29)25(30)31-15-20-10-8-7-9-16(20)2/h5,7-10,14,17,26,28H,1,6,13,15H2,2-4H3/t17-/m1/s1. The normalized spacial score (nSPS) is 11.6. The summed E-state index contributed by atoms with van der Waals surface area (Å²) < 4.78 is 7.12. The zero-order valence-corrected chi connectivity index (χ0v) is 18.0. The van der Waals surface area contributed by atoms with E-state index in [1.54, 1.807) is 26.1 Å². The minimum Gasteiger partial charge on any atom is -0.457 e. The molecule has 6 nitrogen and oxygen atoms in total. The first-order valence-corrected chi connectivity index (χ1v) is 10.1. The number of ether oxygens (including phenoxy) is 1. The summed E-state index contributed by atoms with van der Waals surface area (Å²) in [7, 11) is 0. The summed E-state index contributed by atoms with van der Waals surface area (Å²) in [6.45, 7) is 9.50. The Bertz CT molecular complexity index is 1250.